The molecule has 0 radical (unpaired) electrons. The molecule has 29 heavy (non-hydrogen) atoms. The van der Waals surface area contributed by atoms with Crippen LogP contribution in [0.15, 0.2) is 59.1 Å². The molecule has 0 bridgehead atoms. The number of nitrogens with one attached hydrogen (secondary N) is 1. The highest BCUT2D eigenvalue weighted by Gasteiger charge is 2.49. The van der Waals surface area contributed by atoms with E-state index in [1.165, 1.54) is 0 Å². The van der Waals surface area contributed by atoms with Crippen LogP contribution in [0.4, 0.5) is 4.79 Å². The fraction of sp³-hybridized carbons (Fsp3) is 0.318. The largest absolute Gasteiger partial charge is 0.334 e. The quantitative estimate of drug-likeness (QED) is 0.672. The van der Waals surface area contributed by atoms with Gasteiger partial charge < -0.3 is 10.2 Å². The van der Waals surface area contributed by atoms with E-state index in [4.69, 9.17) is 0 Å². The molecule has 4 amide bonds. The van der Waals surface area contributed by atoms with Crippen molar-refractivity contribution < 1.29 is 14.4 Å². The molecule has 1 saturated heterocycles. The van der Waals surface area contributed by atoms with Gasteiger partial charge in [0, 0.05) is 17.1 Å². The molecule has 3 rings (SSSR count). The Morgan fingerprint density at radius 3 is 2.45 bits per heavy atom. The van der Waals surface area contributed by atoms with Gasteiger partial charge in [-0.2, -0.15) is 0 Å². The fourth-order valence-corrected chi connectivity index (χ4v) is 3.80. The standard InChI is InChI=1S/C22H24BrN3O3/c1-15(2)25(13-16-8-5-4-6-9-16)19(27)14-26-20(28)22(3,24-21(26)29)17-10-7-11-18(23)12-17/h4-12,15H,13-14H2,1-3H3,(H,24,29)/t22-/m0/s1. The minimum atomic E-state index is -1.21. The van der Waals surface area contributed by atoms with Crippen molar-refractivity contribution in [3.8, 4) is 0 Å². The van der Waals surface area contributed by atoms with E-state index in [1.54, 1.807) is 30.0 Å². The first kappa shape index (κ1) is 21.0. The summed E-state index contributed by atoms with van der Waals surface area (Å²) in [5.74, 6) is -0.705. The highest BCUT2D eigenvalue weighted by atomic mass is 79.9. The summed E-state index contributed by atoms with van der Waals surface area (Å²) in [6, 6.07) is 16.2. The van der Waals surface area contributed by atoms with E-state index in [0.717, 1.165) is 14.9 Å². The van der Waals surface area contributed by atoms with Gasteiger partial charge in [-0.3, -0.25) is 14.5 Å². The van der Waals surface area contributed by atoms with E-state index in [9.17, 15) is 14.4 Å². The topological polar surface area (TPSA) is 69.7 Å². The Balaban J connectivity index is 1.78. The molecule has 7 heteroatoms. The van der Waals surface area contributed by atoms with Gasteiger partial charge in [-0.25, -0.2) is 4.79 Å². The Morgan fingerprint density at radius 2 is 1.83 bits per heavy atom. The molecular formula is C22H24BrN3O3. The third-order valence-electron chi connectivity index (χ3n) is 5.11. The number of nitrogens with zero attached hydrogens (tertiary/aromatic N) is 2. The van der Waals surface area contributed by atoms with Crippen LogP contribution in [0.3, 0.4) is 0 Å². The van der Waals surface area contributed by atoms with E-state index < -0.39 is 17.5 Å². The summed E-state index contributed by atoms with van der Waals surface area (Å²) in [4.78, 5) is 41.3. The minimum absolute atomic E-state index is 0.0695. The van der Waals surface area contributed by atoms with Gasteiger partial charge in [-0.1, -0.05) is 58.4 Å². The number of hydrogen-bond donors (Lipinski definition) is 1. The zero-order valence-electron chi connectivity index (χ0n) is 16.7. The number of hydrogen-bond acceptors (Lipinski definition) is 3. The van der Waals surface area contributed by atoms with Crippen LogP contribution in [0.1, 0.15) is 31.9 Å². The SMILES string of the molecule is CC(C)N(Cc1ccccc1)C(=O)CN1C(=O)N[C@@](C)(c2cccc(Br)c2)C1=O. The molecule has 152 valence electrons. The summed E-state index contributed by atoms with van der Waals surface area (Å²) in [6.07, 6.45) is 0. The third kappa shape index (κ3) is 4.34. The lowest BCUT2D eigenvalue weighted by molar-refractivity contribution is -0.140. The summed E-state index contributed by atoms with van der Waals surface area (Å²) in [5, 5.41) is 2.74. The van der Waals surface area contributed by atoms with Gasteiger partial charge in [-0.15, -0.1) is 0 Å². The van der Waals surface area contributed by atoms with Gasteiger partial charge in [0.1, 0.15) is 12.1 Å². The Labute approximate surface area is 179 Å². The van der Waals surface area contributed by atoms with Crippen molar-refractivity contribution in [1.82, 2.24) is 15.1 Å². The first-order chi connectivity index (χ1) is 13.7. The first-order valence-electron chi connectivity index (χ1n) is 9.46. The van der Waals surface area contributed by atoms with Gasteiger partial charge in [-0.05, 0) is 44.0 Å². The van der Waals surface area contributed by atoms with Crippen LogP contribution in [0.2, 0.25) is 0 Å². The van der Waals surface area contributed by atoms with Crippen LogP contribution in [0.25, 0.3) is 0 Å². The number of rotatable bonds is 6. The normalized spacial score (nSPS) is 18.9. The smallest absolute Gasteiger partial charge is 0.325 e. The number of urea groups is 1. The third-order valence-corrected chi connectivity index (χ3v) is 5.60. The molecule has 1 fully saturated rings. The second-order valence-corrected chi connectivity index (χ2v) is 8.47. The summed E-state index contributed by atoms with van der Waals surface area (Å²) in [5.41, 5.74) is 0.444. The lowest BCUT2D eigenvalue weighted by Gasteiger charge is -2.28. The molecule has 2 aromatic carbocycles. The van der Waals surface area contributed by atoms with E-state index in [-0.39, 0.29) is 18.5 Å². The number of halogens is 1. The summed E-state index contributed by atoms with van der Waals surface area (Å²) in [7, 11) is 0. The maximum Gasteiger partial charge on any atom is 0.325 e. The van der Waals surface area contributed by atoms with Crippen molar-refractivity contribution in [3.63, 3.8) is 0 Å². The van der Waals surface area contributed by atoms with Gasteiger partial charge in [0.2, 0.25) is 5.91 Å². The van der Waals surface area contributed by atoms with Crippen molar-refractivity contribution in [2.45, 2.75) is 38.9 Å². The predicted molar refractivity (Wildman–Crippen MR) is 114 cm³/mol. The predicted octanol–water partition coefficient (Wildman–Crippen LogP) is 3.65. The van der Waals surface area contributed by atoms with Gasteiger partial charge in [0.05, 0.1) is 0 Å². The maximum atomic E-state index is 13.1. The number of carbonyl (C=O) groups excluding carboxylic acids is 3. The maximum absolute atomic E-state index is 13.1. The minimum Gasteiger partial charge on any atom is -0.334 e. The Hall–Kier alpha value is -2.67. The average Bonchev–Trinajstić information content (AvgIpc) is 2.90. The number of carbonyl (C=O) groups is 3. The highest BCUT2D eigenvalue weighted by Crippen LogP contribution is 2.30. The lowest BCUT2D eigenvalue weighted by atomic mass is 9.92. The van der Waals surface area contributed by atoms with Crippen molar-refractivity contribution in [3.05, 3.63) is 70.2 Å². The summed E-state index contributed by atoms with van der Waals surface area (Å²) in [6.45, 7) is 5.61. The fourth-order valence-electron chi connectivity index (χ4n) is 3.40. The van der Waals surface area contributed by atoms with Crippen molar-refractivity contribution in [2.75, 3.05) is 6.54 Å². The lowest BCUT2D eigenvalue weighted by Crippen LogP contribution is -2.46. The Bertz CT molecular complexity index is 932. The Kier molecular flexibility index (Phi) is 6.07. The monoisotopic (exact) mass is 457 g/mol. The van der Waals surface area contributed by atoms with Crippen LogP contribution in [-0.4, -0.2) is 40.2 Å². The number of benzene rings is 2. The molecule has 1 aliphatic rings. The van der Waals surface area contributed by atoms with Crippen LogP contribution in [-0.2, 0) is 21.7 Å². The molecule has 0 aromatic heterocycles. The molecule has 2 aromatic rings. The summed E-state index contributed by atoms with van der Waals surface area (Å²) < 4.78 is 0.807. The van der Waals surface area contributed by atoms with Gasteiger partial charge in [0.25, 0.3) is 5.91 Å². The molecule has 1 aliphatic heterocycles. The zero-order valence-corrected chi connectivity index (χ0v) is 18.3. The van der Waals surface area contributed by atoms with Gasteiger partial charge >= 0.3 is 6.03 Å². The molecule has 0 aliphatic carbocycles. The first-order valence-corrected chi connectivity index (χ1v) is 10.2. The highest BCUT2D eigenvalue weighted by molar-refractivity contribution is 9.10. The Morgan fingerprint density at radius 1 is 1.14 bits per heavy atom. The van der Waals surface area contributed by atoms with E-state index in [0.29, 0.717) is 12.1 Å². The number of imide groups is 1. The molecule has 1 heterocycles. The molecular weight excluding hydrogens is 434 g/mol. The molecule has 1 atom stereocenters. The van der Waals surface area contributed by atoms with Crippen LogP contribution >= 0.6 is 15.9 Å². The average molecular weight is 458 g/mol. The van der Waals surface area contributed by atoms with Crippen LogP contribution in [0, 0.1) is 0 Å². The molecule has 0 saturated carbocycles. The van der Waals surface area contributed by atoms with Crippen LogP contribution < -0.4 is 5.32 Å². The van der Waals surface area contributed by atoms with E-state index in [2.05, 4.69) is 21.2 Å². The van der Waals surface area contributed by atoms with Crippen molar-refractivity contribution in [1.29, 1.82) is 0 Å². The van der Waals surface area contributed by atoms with E-state index in [1.807, 2.05) is 50.2 Å². The van der Waals surface area contributed by atoms with Crippen molar-refractivity contribution >= 4 is 33.8 Å². The second-order valence-electron chi connectivity index (χ2n) is 7.56. The van der Waals surface area contributed by atoms with Crippen LogP contribution in [0.5, 0.6) is 0 Å². The molecule has 1 N–H and O–H groups in total. The molecule has 0 unspecified atom stereocenters. The number of amides is 4. The molecule has 0 spiro atoms. The van der Waals surface area contributed by atoms with Gasteiger partial charge in [0.15, 0.2) is 0 Å². The second kappa shape index (κ2) is 8.37. The van der Waals surface area contributed by atoms with E-state index >= 15 is 0 Å². The zero-order chi connectivity index (χ0) is 21.2. The summed E-state index contributed by atoms with van der Waals surface area (Å²) >= 11 is 3.39. The van der Waals surface area contributed by atoms with Crippen molar-refractivity contribution in [2.24, 2.45) is 0 Å². The molecule has 6 nitrogen and oxygen atoms in total.